The molecule has 0 fully saturated rings. The maximum absolute atomic E-state index is 10.5. The average molecular weight is 251 g/mol. The molecule has 0 aliphatic carbocycles. The quantitative estimate of drug-likeness (QED) is 0.780. The van der Waals surface area contributed by atoms with Crippen molar-refractivity contribution >= 4 is 5.97 Å². The van der Waals surface area contributed by atoms with Crippen LogP contribution in [0.2, 0.25) is 0 Å². The lowest BCUT2D eigenvalue weighted by Gasteiger charge is -2.19. The molecule has 1 aromatic rings. The van der Waals surface area contributed by atoms with Gasteiger partial charge in [-0.05, 0) is 32.9 Å². The van der Waals surface area contributed by atoms with Crippen molar-refractivity contribution in [3.8, 4) is 5.75 Å². The highest BCUT2D eigenvalue weighted by atomic mass is 16.5. The molecule has 0 bridgehead atoms. The topological polar surface area (TPSA) is 58.6 Å². The van der Waals surface area contributed by atoms with Gasteiger partial charge in [0.2, 0.25) is 0 Å². The molecule has 0 radical (unpaired) electrons. The summed E-state index contributed by atoms with van der Waals surface area (Å²) in [6.45, 7) is 6.39. The predicted octanol–water partition coefficient (Wildman–Crippen LogP) is 2.22. The van der Waals surface area contributed by atoms with Crippen LogP contribution in [0.5, 0.6) is 5.75 Å². The van der Waals surface area contributed by atoms with E-state index in [2.05, 4.69) is 5.32 Å². The zero-order chi connectivity index (χ0) is 13.5. The lowest BCUT2D eigenvalue weighted by atomic mass is 10.2. The first-order chi connectivity index (χ1) is 8.47. The van der Waals surface area contributed by atoms with E-state index in [1.54, 1.807) is 0 Å². The van der Waals surface area contributed by atoms with E-state index >= 15 is 0 Å². The Hall–Kier alpha value is -1.55. The Labute approximate surface area is 108 Å². The molecular formula is C14H21NO3. The van der Waals surface area contributed by atoms with Crippen LogP contribution in [0, 0.1) is 6.92 Å². The Balaban J connectivity index is 2.30. The van der Waals surface area contributed by atoms with E-state index in [9.17, 15) is 4.79 Å². The minimum absolute atomic E-state index is 0.0564. The normalized spacial score (nSPS) is 13.9. The van der Waals surface area contributed by atoms with Crippen molar-refractivity contribution in [1.82, 2.24) is 5.32 Å². The minimum Gasteiger partial charge on any atom is -0.492 e. The van der Waals surface area contributed by atoms with Gasteiger partial charge in [0.05, 0.1) is 6.42 Å². The number of rotatable bonds is 7. The van der Waals surface area contributed by atoms with Gasteiger partial charge in [-0.1, -0.05) is 17.7 Å². The van der Waals surface area contributed by atoms with Crippen LogP contribution in [0.1, 0.15) is 25.8 Å². The van der Waals surface area contributed by atoms with Crippen LogP contribution in [0.15, 0.2) is 24.3 Å². The molecule has 2 N–H and O–H groups in total. The average Bonchev–Trinajstić information content (AvgIpc) is 2.27. The summed E-state index contributed by atoms with van der Waals surface area (Å²) < 4.78 is 5.62. The van der Waals surface area contributed by atoms with Gasteiger partial charge in [-0.2, -0.15) is 0 Å². The molecular weight excluding hydrogens is 230 g/mol. The first-order valence-electron chi connectivity index (χ1n) is 6.14. The molecule has 0 spiro atoms. The Morgan fingerprint density at radius 3 is 2.44 bits per heavy atom. The lowest BCUT2D eigenvalue weighted by Crippen LogP contribution is -2.39. The standard InChI is InChI=1S/C14H21NO3/c1-10-4-6-13(7-5-10)18-9-12(3)15-11(2)8-14(16)17/h4-7,11-12,15H,8-9H2,1-3H3,(H,16,17). The van der Waals surface area contributed by atoms with Gasteiger partial charge in [-0.25, -0.2) is 0 Å². The van der Waals surface area contributed by atoms with Crippen molar-refractivity contribution in [3.05, 3.63) is 29.8 Å². The third-order valence-electron chi connectivity index (χ3n) is 2.57. The molecule has 18 heavy (non-hydrogen) atoms. The van der Waals surface area contributed by atoms with Crippen LogP contribution >= 0.6 is 0 Å². The summed E-state index contributed by atoms with van der Waals surface area (Å²) >= 11 is 0. The third-order valence-corrected chi connectivity index (χ3v) is 2.57. The van der Waals surface area contributed by atoms with Gasteiger partial charge < -0.3 is 15.2 Å². The highest BCUT2D eigenvalue weighted by Crippen LogP contribution is 2.11. The van der Waals surface area contributed by atoms with E-state index in [4.69, 9.17) is 9.84 Å². The van der Waals surface area contributed by atoms with Crippen molar-refractivity contribution in [1.29, 1.82) is 0 Å². The van der Waals surface area contributed by atoms with Crippen LogP contribution < -0.4 is 10.1 Å². The fraction of sp³-hybridized carbons (Fsp3) is 0.500. The molecule has 2 unspecified atom stereocenters. The second-order valence-corrected chi connectivity index (χ2v) is 4.69. The fourth-order valence-corrected chi connectivity index (χ4v) is 1.71. The van der Waals surface area contributed by atoms with Gasteiger partial charge in [0.1, 0.15) is 12.4 Å². The zero-order valence-electron chi connectivity index (χ0n) is 11.1. The van der Waals surface area contributed by atoms with Crippen molar-refractivity contribution in [2.24, 2.45) is 0 Å². The largest absolute Gasteiger partial charge is 0.492 e. The van der Waals surface area contributed by atoms with Gasteiger partial charge in [0.15, 0.2) is 0 Å². The van der Waals surface area contributed by atoms with E-state index in [1.165, 1.54) is 5.56 Å². The zero-order valence-corrected chi connectivity index (χ0v) is 11.1. The van der Waals surface area contributed by atoms with Crippen molar-refractivity contribution in [2.45, 2.75) is 39.3 Å². The van der Waals surface area contributed by atoms with Crippen LogP contribution in [0.3, 0.4) is 0 Å². The maximum Gasteiger partial charge on any atom is 0.304 e. The second-order valence-electron chi connectivity index (χ2n) is 4.69. The smallest absolute Gasteiger partial charge is 0.304 e. The summed E-state index contributed by atoms with van der Waals surface area (Å²) in [5.41, 5.74) is 1.20. The minimum atomic E-state index is -0.790. The summed E-state index contributed by atoms with van der Waals surface area (Å²) in [6, 6.07) is 7.92. The number of hydrogen-bond donors (Lipinski definition) is 2. The molecule has 2 atom stereocenters. The number of benzene rings is 1. The van der Waals surface area contributed by atoms with E-state index < -0.39 is 5.97 Å². The highest BCUT2D eigenvalue weighted by Gasteiger charge is 2.11. The predicted molar refractivity (Wildman–Crippen MR) is 71.0 cm³/mol. The van der Waals surface area contributed by atoms with Crippen molar-refractivity contribution < 1.29 is 14.6 Å². The summed E-state index contributed by atoms with van der Waals surface area (Å²) in [6.07, 6.45) is 0.120. The van der Waals surface area contributed by atoms with Crippen LogP contribution in [-0.2, 0) is 4.79 Å². The molecule has 0 aliphatic heterocycles. The molecule has 4 nitrogen and oxygen atoms in total. The summed E-state index contributed by atoms with van der Waals surface area (Å²) in [4.78, 5) is 10.5. The summed E-state index contributed by atoms with van der Waals surface area (Å²) in [7, 11) is 0. The van der Waals surface area contributed by atoms with Crippen LogP contribution in [-0.4, -0.2) is 29.8 Å². The molecule has 1 aromatic carbocycles. The number of ether oxygens (including phenoxy) is 1. The molecule has 1 rings (SSSR count). The molecule has 100 valence electrons. The molecule has 0 amide bonds. The van der Waals surface area contributed by atoms with Gasteiger partial charge in [0.25, 0.3) is 0 Å². The molecule has 0 saturated carbocycles. The number of carboxylic acid groups (broad SMARTS) is 1. The molecule has 0 aliphatic rings. The van der Waals surface area contributed by atoms with Gasteiger partial charge in [-0.15, -0.1) is 0 Å². The molecule has 0 saturated heterocycles. The van der Waals surface area contributed by atoms with Gasteiger partial charge in [0, 0.05) is 12.1 Å². The first-order valence-corrected chi connectivity index (χ1v) is 6.14. The monoisotopic (exact) mass is 251 g/mol. The SMILES string of the molecule is Cc1ccc(OCC(C)NC(C)CC(=O)O)cc1. The Morgan fingerprint density at radius 1 is 1.28 bits per heavy atom. The van der Waals surface area contributed by atoms with E-state index in [0.717, 1.165) is 5.75 Å². The van der Waals surface area contributed by atoms with Crippen molar-refractivity contribution in [3.63, 3.8) is 0 Å². The number of hydrogen-bond acceptors (Lipinski definition) is 3. The van der Waals surface area contributed by atoms with Crippen LogP contribution in [0.25, 0.3) is 0 Å². The van der Waals surface area contributed by atoms with Gasteiger partial charge in [-0.3, -0.25) is 4.79 Å². The lowest BCUT2D eigenvalue weighted by molar-refractivity contribution is -0.137. The summed E-state index contributed by atoms with van der Waals surface area (Å²) in [5, 5.41) is 11.8. The summed E-state index contributed by atoms with van der Waals surface area (Å²) in [5.74, 6) is 0.0433. The van der Waals surface area contributed by atoms with Crippen molar-refractivity contribution in [2.75, 3.05) is 6.61 Å². The highest BCUT2D eigenvalue weighted by molar-refractivity contribution is 5.67. The number of carbonyl (C=O) groups is 1. The Bertz CT molecular complexity index is 375. The number of nitrogens with one attached hydrogen (secondary N) is 1. The van der Waals surface area contributed by atoms with E-state index in [-0.39, 0.29) is 18.5 Å². The Morgan fingerprint density at radius 2 is 1.89 bits per heavy atom. The third kappa shape index (κ3) is 5.68. The second kappa shape index (κ2) is 7.01. The fourth-order valence-electron chi connectivity index (χ4n) is 1.71. The number of aliphatic carboxylic acids is 1. The molecule has 0 heterocycles. The molecule has 4 heteroatoms. The first kappa shape index (κ1) is 14.5. The van der Waals surface area contributed by atoms with E-state index in [0.29, 0.717) is 6.61 Å². The van der Waals surface area contributed by atoms with Crippen LogP contribution in [0.4, 0.5) is 0 Å². The Kier molecular flexibility index (Phi) is 5.65. The maximum atomic E-state index is 10.5. The van der Waals surface area contributed by atoms with E-state index in [1.807, 2.05) is 45.0 Å². The molecule has 0 aromatic heterocycles. The number of aryl methyl sites for hydroxylation is 1. The number of carboxylic acids is 1. The van der Waals surface area contributed by atoms with Gasteiger partial charge >= 0.3 is 5.97 Å².